The summed E-state index contributed by atoms with van der Waals surface area (Å²) in [6, 6.07) is 3.40. The van der Waals surface area contributed by atoms with Crippen LogP contribution in [0, 0.1) is 10.1 Å². The van der Waals surface area contributed by atoms with Crippen molar-refractivity contribution in [3.05, 3.63) is 28.3 Å². The lowest BCUT2D eigenvalue weighted by Crippen LogP contribution is -2.27. The number of nitro groups is 1. The van der Waals surface area contributed by atoms with Crippen LogP contribution in [-0.4, -0.2) is 38.1 Å². The van der Waals surface area contributed by atoms with Crippen LogP contribution in [0.5, 0.6) is 5.75 Å². The molecule has 9 heteroatoms. The lowest BCUT2D eigenvalue weighted by Gasteiger charge is -2.16. The van der Waals surface area contributed by atoms with Gasteiger partial charge in [0.05, 0.1) is 18.6 Å². The second-order valence-corrected chi connectivity index (χ2v) is 5.61. The van der Waals surface area contributed by atoms with Gasteiger partial charge < -0.3 is 4.74 Å². The van der Waals surface area contributed by atoms with Gasteiger partial charge in [-0.05, 0) is 12.5 Å². The fraction of sp³-hybridized carbons (Fsp3) is 0.400. The Bertz CT molecular complexity index is 594. The van der Waals surface area contributed by atoms with Gasteiger partial charge in [0.25, 0.3) is 15.7 Å². The van der Waals surface area contributed by atoms with Crippen LogP contribution in [0.3, 0.4) is 0 Å². The van der Waals surface area contributed by atoms with E-state index in [-0.39, 0.29) is 22.9 Å². The molecule has 0 atom stereocenters. The predicted octanol–water partition coefficient (Wildman–Crippen LogP) is 0.929. The Morgan fingerprint density at radius 3 is 2.74 bits per heavy atom. The van der Waals surface area contributed by atoms with Crippen molar-refractivity contribution < 1.29 is 22.9 Å². The summed E-state index contributed by atoms with van der Waals surface area (Å²) in [5, 5.41) is 10.7. The summed E-state index contributed by atoms with van der Waals surface area (Å²) in [5.41, 5.74) is -0.321. The molecule has 1 aromatic carbocycles. The number of benzene rings is 1. The molecule has 8 nitrogen and oxygen atoms in total. The summed E-state index contributed by atoms with van der Waals surface area (Å²) in [6.45, 7) is 0.519. The molecule has 0 unspecified atom stereocenters. The molecule has 1 heterocycles. The van der Waals surface area contributed by atoms with Crippen molar-refractivity contribution in [2.24, 2.45) is 0 Å². The van der Waals surface area contributed by atoms with E-state index in [4.69, 9.17) is 9.57 Å². The average Bonchev–Trinajstić information content (AvgIpc) is 2.92. The van der Waals surface area contributed by atoms with Gasteiger partial charge in [0.1, 0.15) is 10.6 Å². The molecule has 0 N–H and O–H groups in total. The third kappa shape index (κ3) is 2.53. The first-order valence-corrected chi connectivity index (χ1v) is 6.89. The van der Waals surface area contributed by atoms with Gasteiger partial charge in [0, 0.05) is 18.7 Å². The second-order valence-electron chi connectivity index (χ2n) is 3.81. The van der Waals surface area contributed by atoms with Gasteiger partial charge in [0.15, 0.2) is 0 Å². The van der Waals surface area contributed by atoms with Crippen molar-refractivity contribution in [1.29, 1.82) is 0 Å². The van der Waals surface area contributed by atoms with E-state index in [0.29, 0.717) is 13.0 Å². The number of non-ortho nitro benzene ring substituents is 1. The molecule has 104 valence electrons. The largest absolute Gasteiger partial charge is 0.495 e. The third-order valence-corrected chi connectivity index (χ3v) is 4.32. The number of rotatable bonds is 4. The summed E-state index contributed by atoms with van der Waals surface area (Å²) in [7, 11) is -2.66. The fourth-order valence-corrected chi connectivity index (χ4v) is 3.18. The highest BCUT2D eigenvalue weighted by Crippen LogP contribution is 2.31. The zero-order valence-electron chi connectivity index (χ0n) is 10.1. The van der Waals surface area contributed by atoms with Gasteiger partial charge in [-0.2, -0.15) is 0 Å². The molecule has 0 saturated carbocycles. The van der Waals surface area contributed by atoms with Gasteiger partial charge in [-0.25, -0.2) is 8.42 Å². The van der Waals surface area contributed by atoms with Gasteiger partial charge in [-0.15, -0.1) is 0 Å². The molecule has 0 spiro atoms. The molecule has 1 aliphatic rings. The summed E-state index contributed by atoms with van der Waals surface area (Å²) in [4.78, 5) is 14.8. The molecular weight excluding hydrogens is 276 g/mol. The molecule has 0 radical (unpaired) electrons. The van der Waals surface area contributed by atoms with E-state index in [1.54, 1.807) is 0 Å². The minimum absolute atomic E-state index is 0.0427. The number of hydrogen-bond donors (Lipinski definition) is 0. The highest BCUT2D eigenvalue weighted by atomic mass is 32.2. The van der Waals surface area contributed by atoms with E-state index in [1.807, 2.05) is 0 Å². The first-order chi connectivity index (χ1) is 8.96. The zero-order valence-corrected chi connectivity index (χ0v) is 10.9. The van der Waals surface area contributed by atoms with Crippen LogP contribution in [0.4, 0.5) is 5.69 Å². The Balaban J connectivity index is 2.52. The summed E-state index contributed by atoms with van der Waals surface area (Å²) < 4.78 is 30.3. The van der Waals surface area contributed by atoms with Crippen LogP contribution in [0.25, 0.3) is 0 Å². The Kier molecular flexibility index (Phi) is 3.69. The normalized spacial score (nSPS) is 16.5. The molecule has 1 aromatic rings. The average molecular weight is 288 g/mol. The van der Waals surface area contributed by atoms with Crippen LogP contribution >= 0.6 is 0 Å². The van der Waals surface area contributed by atoms with Crippen molar-refractivity contribution in [1.82, 2.24) is 4.47 Å². The van der Waals surface area contributed by atoms with Gasteiger partial charge in [-0.3, -0.25) is 15.0 Å². The molecule has 0 aliphatic carbocycles. The number of nitrogens with zero attached hydrogens (tertiary/aromatic N) is 2. The SMILES string of the molecule is COc1ccc([N+](=O)[O-])cc1S(=O)(=O)N1CCCO1. The van der Waals surface area contributed by atoms with Crippen molar-refractivity contribution >= 4 is 15.7 Å². The van der Waals surface area contributed by atoms with Gasteiger partial charge in [0.2, 0.25) is 0 Å². The van der Waals surface area contributed by atoms with Crippen LogP contribution in [0.1, 0.15) is 6.42 Å². The Morgan fingerprint density at radius 1 is 1.47 bits per heavy atom. The van der Waals surface area contributed by atoms with Crippen molar-refractivity contribution in [2.75, 3.05) is 20.3 Å². The lowest BCUT2D eigenvalue weighted by molar-refractivity contribution is -0.385. The standard InChI is InChI=1S/C10H12N2O6S/c1-17-9-4-3-8(12(13)14)7-10(9)19(15,16)11-5-2-6-18-11/h3-4,7H,2,5-6H2,1H3. The molecule has 19 heavy (non-hydrogen) atoms. The van der Waals surface area contributed by atoms with Crippen molar-refractivity contribution in [2.45, 2.75) is 11.3 Å². The molecule has 0 bridgehead atoms. The number of methoxy groups -OCH3 is 1. The third-order valence-electron chi connectivity index (χ3n) is 2.62. The van der Waals surface area contributed by atoms with Gasteiger partial charge in [-0.1, -0.05) is 4.47 Å². The molecule has 1 saturated heterocycles. The van der Waals surface area contributed by atoms with E-state index >= 15 is 0 Å². The lowest BCUT2D eigenvalue weighted by atomic mass is 10.3. The highest BCUT2D eigenvalue weighted by Gasteiger charge is 2.32. The Labute approximate surface area is 109 Å². The Hall–Kier alpha value is -1.71. The van der Waals surface area contributed by atoms with Crippen molar-refractivity contribution in [3.8, 4) is 5.75 Å². The van der Waals surface area contributed by atoms with Crippen molar-refractivity contribution in [3.63, 3.8) is 0 Å². The second kappa shape index (κ2) is 5.11. The number of sulfonamides is 1. The fourth-order valence-electron chi connectivity index (χ4n) is 1.70. The minimum atomic E-state index is -3.96. The van der Waals surface area contributed by atoms with Crippen LogP contribution in [-0.2, 0) is 14.9 Å². The number of hydrogen-bond acceptors (Lipinski definition) is 6. The number of hydroxylamine groups is 1. The maximum atomic E-state index is 12.3. The topological polar surface area (TPSA) is 99.0 Å². The number of nitro benzene ring substituents is 1. The van der Waals surface area contributed by atoms with Crippen LogP contribution in [0.15, 0.2) is 23.1 Å². The molecular formula is C10H12N2O6S. The molecule has 0 amide bonds. The number of ether oxygens (including phenoxy) is 1. The summed E-state index contributed by atoms with van der Waals surface area (Å²) >= 11 is 0. The monoisotopic (exact) mass is 288 g/mol. The first kappa shape index (κ1) is 13.7. The Morgan fingerprint density at radius 2 is 2.21 bits per heavy atom. The van der Waals surface area contributed by atoms with Gasteiger partial charge >= 0.3 is 0 Å². The molecule has 0 aromatic heterocycles. The summed E-state index contributed by atoms with van der Waals surface area (Å²) in [6.07, 6.45) is 0.580. The molecule has 2 rings (SSSR count). The van der Waals surface area contributed by atoms with Crippen LogP contribution < -0.4 is 4.74 Å². The maximum Gasteiger partial charge on any atom is 0.271 e. The van der Waals surface area contributed by atoms with Crippen LogP contribution in [0.2, 0.25) is 0 Å². The quantitative estimate of drug-likeness (QED) is 0.603. The van der Waals surface area contributed by atoms with E-state index in [1.165, 1.54) is 19.2 Å². The zero-order chi connectivity index (χ0) is 14.0. The summed E-state index contributed by atoms with van der Waals surface area (Å²) in [5.74, 6) is 0.0427. The van der Waals surface area contributed by atoms with E-state index in [9.17, 15) is 18.5 Å². The minimum Gasteiger partial charge on any atom is -0.495 e. The molecule has 1 fully saturated rings. The van der Waals surface area contributed by atoms with E-state index < -0.39 is 14.9 Å². The first-order valence-electron chi connectivity index (χ1n) is 5.45. The van der Waals surface area contributed by atoms with E-state index in [0.717, 1.165) is 10.5 Å². The molecule has 1 aliphatic heterocycles. The van der Waals surface area contributed by atoms with E-state index in [2.05, 4.69) is 0 Å². The maximum absolute atomic E-state index is 12.3. The predicted molar refractivity (Wildman–Crippen MR) is 64.1 cm³/mol. The highest BCUT2D eigenvalue weighted by molar-refractivity contribution is 7.89. The smallest absolute Gasteiger partial charge is 0.271 e.